The third-order valence-electron chi connectivity index (χ3n) is 4.27. The molecule has 136 valence electrons. The summed E-state index contributed by atoms with van der Waals surface area (Å²) in [6, 6.07) is 15.1. The minimum absolute atomic E-state index is 0.110. The number of hydrogen-bond acceptors (Lipinski definition) is 4. The van der Waals surface area contributed by atoms with Crippen LogP contribution in [0.25, 0.3) is 5.65 Å². The summed E-state index contributed by atoms with van der Waals surface area (Å²) in [5.74, 6) is 0.535. The van der Waals surface area contributed by atoms with Crippen molar-refractivity contribution in [2.45, 2.75) is 20.1 Å². The SMILES string of the molecule is Cc1ccsc1CNC(=O)c1cccc(OCc2cn3ccccc3n2)c1. The van der Waals surface area contributed by atoms with E-state index < -0.39 is 0 Å². The van der Waals surface area contributed by atoms with Crippen molar-refractivity contribution in [3.8, 4) is 5.75 Å². The van der Waals surface area contributed by atoms with E-state index in [2.05, 4.69) is 16.4 Å². The lowest BCUT2D eigenvalue weighted by molar-refractivity contribution is 0.0951. The smallest absolute Gasteiger partial charge is 0.251 e. The van der Waals surface area contributed by atoms with Crippen molar-refractivity contribution in [3.63, 3.8) is 0 Å². The largest absolute Gasteiger partial charge is 0.487 e. The van der Waals surface area contributed by atoms with Gasteiger partial charge >= 0.3 is 0 Å². The number of fused-ring (bicyclic) bond motifs is 1. The maximum absolute atomic E-state index is 12.4. The molecule has 0 saturated heterocycles. The van der Waals surface area contributed by atoms with Gasteiger partial charge in [0.15, 0.2) is 0 Å². The molecule has 6 heteroatoms. The van der Waals surface area contributed by atoms with Gasteiger partial charge < -0.3 is 14.5 Å². The lowest BCUT2D eigenvalue weighted by atomic mass is 10.2. The average Bonchev–Trinajstić information content (AvgIpc) is 3.30. The Labute approximate surface area is 161 Å². The van der Waals surface area contributed by atoms with Crippen molar-refractivity contribution in [2.24, 2.45) is 0 Å². The third kappa shape index (κ3) is 4.01. The Morgan fingerprint density at radius 3 is 2.96 bits per heavy atom. The maximum atomic E-state index is 12.4. The van der Waals surface area contributed by atoms with Gasteiger partial charge in [-0.3, -0.25) is 4.79 Å². The summed E-state index contributed by atoms with van der Waals surface area (Å²) in [6.07, 6.45) is 3.89. The van der Waals surface area contributed by atoms with E-state index in [-0.39, 0.29) is 5.91 Å². The van der Waals surface area contributed by atoms with Crippen molar-refractivity contribution in [1.82, 2.24) is 14.7 Å². The second-order valence-corrected chi connectivity index (χ2v) is 7.22. The van der Waals surface area contributed by atoms with Crippen LogP contribution in [0.1, 0.15) is 26.5 Å². The van der Waals surface area contributed by atoms with Crippen LogP contribution in [-0.2, 0) is 13.2 Å². The molecular formula is C21H19N3O2S. The molecule has 0 aliphatic rings. The lowest BCUT2D eigenvalue weighted by Crippen LogP contribution is -2.22. The normalized spacial score (nSPS) is 10.9. The van der Waals surface area contributed by atoms with Crippen molar-refractivity contribution >= 4 is 22.9 Å². The third-order valence-corrected chi connectivity index (χ3v) is 5.30. The van der Waals surface area contributed by atoms with Gasteiger partial charge in [0.25, 0.3) is 5.91 Å². The Kier molecular flexibility index (Phi) is 4.89. The van der Waals surface area contributed by atoms with Crippen molar-refractivity contribution < 1.29 is 9.53 Å². The monoisotopic (exact) mass is 377 g/mol. The van der Waals surface area contributed by atoms with Crippen molar-refractivity contribution in [2.75, 3.05) is 0 Å². The van der Waals surface area contributed by atoms with Gasteiger partial charge in [0.1, 0.15) is 18.0 Å². The molecule has 0 atom stereocenters. The first-order chi connectivity index (χ1) is 13.2. The van der Waals surface area contributed by atoms with Crippen LogP contribution >= 0.6 is 11.3 Å². The van der Waals surface area contributed by atoms with Crippen LogP contribution in [0.3, 0.4) is 0 Å². The predicted octanol–water partition coefficient (Wildman–Crippen LogP) is 4.21. The Morgan fingerprint density at radius 2 is 2.15 bits per heavy atom. The predicted molar refractivity (Wildman–Crippen MR) is 106 cm³/mol. The molecule has 0 fully saturated rings. The number of carbonyl (C=O) groups is 1. The van der Waals surface area contributed by atoms with Gasteiger partial charge in [-0.1, -0.05) is 12.1 Å². The molecule has 0 saturated carbocycles. The van der Waals surface area contributed by atoms with Crippen LogP contribution in [0.4, 0.5) is 0 Å². The van der Waals surface area contributed by atoms with E-state index in [0.29, 0.717) is 24.5 Å². The van der Waals surface area contributed by atoms with E-state index in [4.69, 9.17) is 4.74 Å². The number of nitrogens with one attached hydrogen (secondary N) is 1. The molecule has 0 aliphatic carbocycles. The minimum Gasteiger partial charge on any atom is -0.487 e. The Balaban J connectivity index is 1.39. The highest BCUT2D eigenvalue weighted by Gasteiger charge is 2.09. The highest BCUT2D eigenvalue weighted by molar-refractivity contribution is 7.10. The molecule has 5 nitrogen and oxygen atoms in total. The van der Waals surface area contributed by atoms with E-state index in [1.54, 1.807) is 23.5 Å². The molecule has 1 aromatic carbocycles. The number of aromatic nitrogens is 2. The first kappa shape index (κ1) is 17.3. The van der Waals surface area contributed by atoms with Gasteiger partial charge in [0.05, 0.1) is 12.2 Å². The van der Waals surface area contributed by atoms with Crippen LogP contribution in [-0.4, -0.2) is 15.3 Å². The zero-order valence-corrected chi connectivity index (χ0v) is 15.7. The quantitative estimate of drug-likeness (QED) is 0.547. The number of rotatable bonds is 6. The van der Waals surface area contributed by atoms with Crippen LogP contribution in [0.15, 0.2) is 66.3 Å². The number of benzene rings is 1. The van der Waals surface area contributed by atoms with E-state index in [9.17, 15) is 4.79 Å². The fourth-order valence-electron chi connectivity index (χ4n) is 2.79. The van der Waals surface area contributed by atoms with Crippen LogP contribution < -0.4 is 10.1 Å². The Morgan fingerprint density at radius 1 is 1.22 bits per heavy atom. The first-order valence-corrected chi connectivity index (χ1v) is 9.54. The van der Waals surface area contributed by atoms with E-state index in [0.717, 1.165) is 11.3 Å². The van der Waals surface area contributed by atoms with Crippen molar-refractivity contribution in [3.05, 3.63) is 88.0 Å². The number of thiophene rings is 1. The van der Waals surface area contributed by atoms with Gasteiger partial charge in [-0.05, 0) is 54.3 Å². The zero-order valence-electron chi connectivity index (χ0n) is 14.9. The molecule has 4 aromatic rings. The fourth-order valence-corrected chi connectivity index (χ4v) is 3.63. The summed E-state index contributed by atoms with van der Waals surface area (Å²) < 4.78 is 7.78. The highest BCUT2D eigenvalue weighted by atomic mass is 32.1. The Hall–Kier alpha value is -3.12. The van der Waals surface area contributed by atoms with E-state index in [1.165, 1.54) is 10.4 Å². The number of hydrogen-bond donors (Lipinski definition) is 1. The van der Waals surface area contributed by atoms with Gasteiger partial charge in [-0.2, -0.15) is 0 Å². The molecule has 0 radical (unpaired) electrons. The molecule has 3 aromatic heterocycles. The topological polar surface area (TPSA) is 55.6 Å². The first-order valence-electron chi connectivity index (χ1n) is 8.66. The molecule has 0 unspecified atom stereocenters. The highest BCUT2D eigenvalue weighted by Crippen LogP contribution is 2.17. The summed E-state index contributed by atoms with van der Waals surface area (Å²) >= 11 is 1.65. The summed E-state index contributed by atoms with van der Waals surface area (Å²) in [6.45, 7) is 2.93. The number of imidazole rings is 1. The lowest BCUT2D eigenvalue weighted by Gasteiger charge is -2.08. The van der Waals surface area contributed by atoms with Gasteiger partial charge in [-0.15, -0.1) is 11.3 Å². The molecule has 4 rings (SSSR count). The summed E-state index contributed by atoms with van der Waals surface area (Å²) in [4.78, 5) is 18.1. The van der Waals surface area contributed by atoms with Crippen LogP contribution in [0, 0.1) is 6.92 Å². The summed E-state index contributed by atoms with van der Waals surface area (Å²) in [5, 5.41) is 4.99. The average molecular weight is 377 g/mol. The molecule has 3 heterocycles. The molecule has 0 aliphatic heterocycles. The van der Waals surface area contributed by atoms with Crippen molar-refractivity contribution in [1.29, 1.82) is 0 Å². The number of aryl methyl sites for hydroxylation is 1. The van der Waals surface area contributed by atoms with Gasteiger partial charge in [0.2, 0.25) is 0 Å². The number of pyridine rings is 1. The summed E-state index contributed by atoms with van der Waals surface area (Å²) in [5.41, 5.74) is 3.50. The molecule has 1 amide bonds. The molecular weight excluding hydrogens is 358 g/mol. The standard InChI is InChI=1S/C21H19N3O2S/c1-15-8-10-27-19(15)12-22-21(25)16-5-4-6-18(11-16)26-14-17-13-24-9-3-2-7-20(24)23-17/h2-11,13H,12,14H2,1H3,(H,22,25). The zero-order chi connectivity index (χ0) is 18.6. The number of amides is 1. The fraction of sp³-hybridized carbons (Fsp3) is 0.143. The second-order valence-electron chi connectivity index (χ2n) is 6.22. The number of nitrogens with zero attached hydrogens (tertiary/aromatic N) is 2. The summed E-state index contributed by atoms with van der Waals surface area (Å²) in [7, 11) is 0. The minimum atomic E-state index is -0.110. The maximum Gasteiger partial charge on any atom is 0.251 e. The Bertz CT molecular complexity index is 1050. The molecule has 0 bridgehead atoms. The van der Waals surface area contributed by atoms with Crippen LogP contribution in [0.5, 0.6) is 5.75 Å². The van der Waals surface area contributed by atoms with E-state index >= 15 is 0 Å². The van der Waals surface area contributed by atoms with Gasteiger partial charge in [0, 0.05) is 22.8 Å². The molecule has 0 spiro atoms. The second kappa shape index (κ2) is 7.63. The molecule has 27 heavy (non-hydrogen) atoms. The number of carbonyl (C=O) groups excluding carboxylic acids is 1. The van der Waals surface area contributed by atoms with Crippen LogP contribution in [0.2, 0.25) is 0 Å². The number of ether oxygens (including phenoxy) is 1. The van der Waals surface area contributed by atoms with E-state index in [1.807, 2.05) is 59.4 Å². The molecule has 1 N–H and O–H groups in total. The van der Waals surface area contributed by atoms with Gasteiger partial charge in [-0.25, -0.2) is 4.98 Å².